The molecule has 1 N–H and O–H groups in total. The van der Waals surface area contributed by atoms with Gasteiger partial charge in [0.2, 0.25) is 5.88 Å². The van der Waals surface area contributed by atoms with Gasteiger partial charge in [0.15, 0.2) is 0 Å². The zero-order valence-electron chi connectivity index (χ0n) is 19.3. The van der Waals surface area contributed by atoms with E-state index in [0.717, 1.165) is 22.7 Å². The van der Waals surface area contributed by atoms with Gasteiger partial charge >= 0.3 is 0 Å². The molecule has 0 unspecified atom stereocenters. The minimum Gasteiger partial charge on any atom is -0.497 e. The highest BCUT2D eigenvalue weighted by molar-refractivity contribution is 5.44. The molecule has 0 spiro atoms. The third-order valence-electron chi connectivity index (χ3n) is 5.33. The maximum absolute atomic E-state index is 10.3. The molecule has 7 heteroatoms. The highest BCUT2D eigenvalue weighted by Gasteiger charge is 2.22. The standard InChI is InChI=1S/C25H33N3O4/c1-5-21(29)17-27(14-15-30-3)18-24-19(2)26-28(20-10-7-6-8-11-20)25(24)32-23-13-9-12-22(16-23)31-4/h6-13,16,21,29H,5,14-15,17-18H2,1-4H3/t21-/m1/s1. The molecule has 0 radical (unpaired) electrons. The summed E-state index contributed by atoms with van der Waals surface area (Å²) >= 11 is 0. The zero-order chi connectivity index (χ0) is 22.9. The molecule has 32 heavy (non-hydrogen) atoms. The first-order valence-electron chi connectivity index (χ1n) is 10.9. The number of aryl methyl sites for hydroxylation is 1. The molecule has 0 aliphatic carbocycles. The predicted molar refractivity (Wildman–Crippen MR) is 125 cm³/mol. The van der Waals surface area contributed by atoms with Crippen LogP contribution in [0, 0.1) is 6.92 Å². The monoisotopic (exact) mass is 439 g/mol. The molecular weight excluding hydrogens is 406 g/mol. The first-order valence-corrected chi connectivity index (χ1v) is 10.9. The summed E-state index contributed by atoms with van der Waals surface area (Å²) in [5, 5.41) is 15.1. The lowest BCUT2D eigenvalue weighted by Crippen LogP contribution is -2.34. The van der Waals surface area contributed by atoms with Gasteiger partial charge in [-0.2, -0.15) is 5.10 Å². The van der Waals surface area contributed by atoms with Crippen molar-refractivity contribution in [3.05, 3.63) is 65.9 Å². The topological polar surface area (TPSA) is 69.0 Å². The van der Waals surface area contributed by atoms with Gasteiger partial charge in [-0.05, 0) is 37.6 Å². The van der Waals surface area contributed by atoms with Crippen LogP contribution in [0.2, 0.25) is 0 Å². The quantitative estimate of drug-likeness (QED) is 0.456. The SMILES string of the molecule is CC[C@@H](O)CN(CCOC)Cc1c(C)nn(-c2ccccc2)c1Oc1cccc(OC)c1. The number of ether oxygens (including phenoxy) is 3. The lowest BCUT2D eigenvalue weighted by atomic mass is 10.2. The molecule has 0 bridgehead atoms. The van der Waals surface area contributed by atoms with E-state index in [0.29, 0.717) is 44.3 Å². The number of rotatable bonds is 12. The number of methoxy groups -OCH3 is 2. The number of aromatic nitrogens is 2. The van der Waals surface area contributed by atoms with Crippen molar-refractivity contribution < 1.29 is 19.3 Å². The number of benzene rings is 2. The summed E-state index contributed by atoms with van der Waals surface area (Å²) in [7, 11) is 3.32. The van der Waals surface area contributed by atoms with Crippen molar-refractivity contribution in [2.24, 2.45) is 0 Å². The van der Waals surface area contributed by atoms with E-state index >= 15 is 0 Å². The van der Waals surface area contributed by atoms with Crippen LogP contribution < -0.4 is 9.47 Å². The number of aliphatic hydroxyl groups is 1. The lowest BCUT2D eigenvalue weighted by Gasteiger charge is -2.24. The van der Waals surface area contributed by atoms with Gasteiger partial charge < -0.3 is 19.3 Å². The summed E-state index contributed by atoms with van der Waals surface area (Å²) in [6.07, 6.45) is 0.290. The molecule has 172 valence electrons. The summed E-state index contributed by atoms with van der Waals surface area (Å²) in [5.41, 5.74) is 2.76. The smallest absolute Gasteiger partial charge is 0.227 e. The summed E-state index contributed by atoms with van der Waals surface area (Å²) in [4.78, 5) is 2.18. The van der Waals surface area contributed by atoms with Crippen LogP contribution in [0.25, 0.3) is 5.69 Å². The first-order chi connectivity index (χ1) is 15.5. The average molecular weight is 440 g/mol. The molecule has 0 aliphatic heterocycles. The Morgan fingerprint density at radius 1 is 1.06 bits per heavy atom. The van der Waals surface area contributed by atoms with Crippen molar-refractivity contribution in [1.29, 1.82) is 0 Å². The van der Waals surface area contributed by atoms with Gasteiger partial charge in [-0.3, -0.25) is 4.90 Å². The Morgan fingerprint density at radius 3 is 2.50 bits per heavy atom. The van der Waals surface area contributed by atoms with E-state index in [1.807, 2.05) is 73.1 Å². The van der Waals surface area contributed by atoms with Crippen LogP contribution in [0.4, 0.5) is 0 Å². The highest BCUT2D eigenvalue weighted by Crippen LogP contribution is 2.33. The van der Waals surface area contributed by atoms with Crippen LogP contribution >= 0.6 is 0 Å². The van der Waals surface area contributed by atoms with Crippen LogP contribution in [0.5, 0.6) is 17.4 Å². The molecule has 1 aromatic heterocycles. The molecule has 0 fully saturated rings. The number of nitrogens with zero attached hydrogens (tertiary/aromatic N) is 3. The number of hydrogen-bond acceptors (Lipinski definition) is 6. The van der Waals surface area contributed by atoms with Crippen molar-refractivity contribution in [2.75, 3.05) is 33.9 Å². The Bertz CT molecular complexity index is 975. The van der Waals surface area contributed by atoms with Crippen LogP contribution in [0.1, 0.15) is 24.6 Å². The van der Waals surface area contributed by atoms with Crippen molar-refractivity contribution in [1.82, 2.24) is 14.7 Å². The van der Waals surface area contributed by atoms with E-state index < -0.39 is 6.10 Å². The predicted octanol–water partition coefficient (Wildman–Crippen LogP) is 4.20. The summed E-state index contributed by atoms with van der Waals surface area (Å²) < 4.78 is 18.9. The van der Waals surface area contributed by atoms with E-state index in [2.05, 4.69) is 4.90 Å². The first kappa shape index (κ1) is 23.8. The van der Waals surface area contributed by atoms with Gasteiger partial charge in [0.1, 0.15) is 11.5 Å². The maximum atomic E-state index is 10.3. The molecule has 3 rings (SSSR count). The second-order valence-electron chi connectivity index (χ2n) is 7.69. The number of para-hydroxylation sites is 1. The maximum Gasteiger partial charge on any atom is 0.227 e. The second kappa shape index (κ2) is 11.7. The Kier molecular flexibility index (Phi) is 8.67. The molecular formula is C25H33N3O4. The Morgan fingerprint density at radius 2 is 1.81 bits per heavy atom. The van der Waals surface area contributed by atoms with Crippen molar-refractivity contribution in [3.63, 3.8) is 0 Å². The molecule has 1 atom stereocenters. The van der Waals surface area contributed by atoms with Gasteiger partial charge in [0.25, 0.3) is 0 Å². The molecule has 0 saturated carbocycles. The number of hydrogen-bond donors (Lipinski definition) is 1. The molecule has 0 amide bonds. The minimum atomic E-state index is -0.404. The molecule has 2 aromatic carbocycles. The van der Waals surface area contributed by atoms with Gasteiger partial charge in [0.05, 0.1) is 36.8 Å². The number of aliphatic hydroxyl groups excluding tert-OH is 1. The van der Waals surface area contributed by atoms with Crippen molar-refractivity contribution in [3.8, 4) is 23.1 Å². The van der Waals surface area contributed by atoms with Crippen LogP contribution in [0.15, 0.2) is 54.6 Å². The van der Waals surface area contributed by atoms with Crippen molar-refractivity contribution >= 4 is 0 Å². The van der Waals surface area contributed by atoms with Gasteiger partial charge in [-0.1, -0.05) is 31.2 Å². The minimum absolute atomic E-state index is 0.404. The Labute approximate surface area is 190 Å². The van der Waals surface area contributed by atoms with Crippen LogP contribution in [-0.2, 0) is 11.3 Å². The third kappa shape index (κ3) is 6.09. The largest absolute Gasteiger partial charge is 0.497 e. The summed E-state index contributed by atoms with van der Waals surface area (Å²) in [6, 6.07) is 17.4. The van der Waals surface area contributed by atoms with E-state index in [1.54, 1.807) is 14.2 Å². The molecule has 0 aliphatic rings. The average Bonchev–Trinajstić information content (AvgIpc) is 3.12. The Balaban J connectivity index is 2.00. The summed E-state index contributed by atoms with van der Waals surface area (Å²) in [5.74, 6) is 2.04. The van der Waals surface area contributed by atoms with Gasteiger partial charge in [-0.15, -0.1) is 0 Å². The van der Waals surface area contributed by atoms with E-state index in [9.17, 15) is 5.11 Å². The van der Waals surface area contributed by atoms with Gasteiger partial charge in [0, 0.05) is 32.8 Å². The molecule has 0 saturated heterocycles. The zero-order valence-corrected chi connectivity index (χ0v) is 19.3. The van der Waals surface area contributed by atoms with Crippen molar-refractivity contribution in [2.45, 2.75) is 32.9 Å². The van der Waals surface area contributed by atoms with E-state index in [1.165, 1.54) is 0 Å². The van der Waals surface area contributed by atoms with Crippen LogP contribution in [-0.4, -0.2) is 59.8 Å². The van der Waals surface area contributed by atoms with Gasteiger partial charge in [-0.25, -0.2) is 4.68 Å². The molecule has 3 aromatic rings. The lowest BCUT2D eigenvalue weighted by molar-refractivity contribution is 0.0825. The summed E-state index contributed by atoms with van der Waals surface area (Å²) in [6.45, 7) is 6.37. The fraction of sp³-hybridized carbons (Fsp3) is 0.400. The molecule has 1 heterocycles. The molecule has 7 nitrogen and oxygen atoms in total. The Hall–Kier alpha value is -2.87. The fourth-order valence-corrected chi connectivity index (χ4v) is 3.45. The second-order valence-corrected chi connectivity index (χ2v) is 7.69. The third-order valence-corrected chi connectivity index (χ3v) is 5.33. The van der Waals surface area contributed by atoms with Crippen LogP contribution in [0.3, 0.4) is 0 Å². The highest BCUT2D eigenvalue weighted by atomic mass is 16.5. The normalized spacial score (nSPS) is 12.2. The fourth-order valence-electron chi connectivity index (χ4n) is 3.45. The van der Waals surface area contributed by atoms with E-state index in [-0.39, 0.29) is 0 Å². The van der Waals surface area contributed by atoms with E-state index in [4.69, 9.17) is 19.3 Å².